The summed E-state index contributed by atoms with van der Waals surface area (Å²) >= 11 is 0. The standard InChI is InChI=1S/C32H30F3N5O3S/c1-4-5-14-30-36-25-16-15-23(32(33,34)35)17-28(25)40(30)19-22-18-39(26-11-7-6-10-24(22)26)27-12-8-9-13-29(27)44(41,42)38-31-20(2)21(3)37-43-31/h6-13,15-18,38H,4-5,14,19H2,1-3H3. The lowest BCUT2D eigenvalue weighted by molar-refractivity contribution is -0.137. The van der Waals surface area contributed by atoms with Gasteiger partial charge in [0.1, 0.15) is 10.7 Å². The lowest BCUT2D eigenvalue weighted by Crippen LogP contribution is -2.15. The number of rotatable bonds is 9. The van der Waals surface area contributed by atoms with E-state index in [1.165, 1.54) is 12.1 Å². The normalized spacial score (nSPS) is 12.4. The smallest absolute Gasteiger partial charge is 0.337 e. The molecule has 12 heteroatoms. The van der Waals surface area contributed by atoms with Gasteiger partial charge in [-0.15, -0.1) is 0 Å². The summed E-state index contributed by atoms with van der Waals surface area (Å²) in [5.41, 5.74) is 3.26. The SMILES string of the molecule is CCCCc1nc2ccc(C(F)(F)F)cc2n1Cc1cn(-c2ccccc2S(=O)(=O)Nc2onc(C)c2C)c2ccccc12. The van der Waals surface area contributed by atoms with Crippen molar-refractivity contribution < 1.29 is 26.1 Å². The summed E-state index contributed by atoms with van der Waals surface area (Å²) in [5, 5.41) is 4.68. The Hall–Kier alpha value is -4.58. The van der Waals surface area contributed by atoms with Gasteiger partial charge in [0, 0.05) is 23.6 Å². The average molecular weight is 622 g/mol. The predicted molar refractivity (Wildman–Crippen MR) is 163 cm³/mol. The van der Waals surface area contributed by atoms with Crippen LogP contribution in [0.2, 0.25) is 0 Å². The van der Waals surface area contributed by atoms with Crippen LogP contribution in [0.3, 0.4) is 0 Å². The molecule has 6 rings (SSSR count). The number of nitrogens with one attached hydrogen (secondary N) is 1. The largest absolute Gasteiger partial charge is 0.416 e. The molecular weight excluding hydrogens is 591 g/mol. The molecule has 44 heavy (non-hydrogen) atoms. The molecule has 0 aliphatic rings. The Labute approximate surface area is 252 Å². The third kappa shape index (κ3) is 5.34. The van der Waals surface area contributed by atoms with E-state index in [0.29, 0.717) is 40.2 Å². The molecule has 0 unspecified atom stereocenters. The number of alkyl halides is 3. The molecular formula is C32H30F3N5O3S. The minimum absolute atomic E-state index is 0.0206. The Morgan fingerprint density at radius 1 is 0.977 bits per heavy atom. The molecule has 0 saturated carbocycles. The summed E-state index contributed by atoms with van der Waals surface area (Å²) in [6.45, 7) is 5.73. The molecule has 0 saturated heterocycles. The highest BCUT2D eigenvalue weighted by Crippen LogP contribution is 2.34. The van der Waals surface area contributed by atoms with Crippen LogP contribution in [0.1, 0.15) is 48.0 Å². The lowest BCUT2D eigenvalue weighted by atomic mass is 10.1. The van der Waals surface area contributed by atoms with Gasteiger partial charge >= 0.3 is 6.18 Å². The zero-order valence-corrected chi connectivity index (χ0v) is 25.1. The van der Waals surface area contributed by atoms with E-state index in [1.807, 2.05) is 42.0 Å². The van der Waals surface area contributed by atoms with E-state index < -0.39 is 21.8 Å². The second kappa shape index (κ2) is 11.2. The van der Waals surface area contributed by atoms with Crippen LogP contribution in [0.15, 0.2) is 82.3 Å². The number of hydrogen-bond donors (Lipinski definition) is 1. The average Bonchev–Trinajstić information content (AvgIpc) is 3.64. The molecule has 0 aliphatic carbocycles. The van der Waals surface area contributed by atoms with Gasteiger partial charge in [-0.25, -0.2) is 18.1 Å². The molecule has 0 bridgehead atoms. The molecule has 228 valence electrons. The fraction of sp³-hybridized carbons (Fsp3) is 0.250. The van der Waals surface area contributed by atoms with E-state index in [9.17, 15) is 21.6 Å². The van der Waals surface area contributed by atoms with Crippen molar-refractivity contribution in [2.75, 3.05) is 4.72 Å². The van der Waals surface area contributed by atoms with Crippen molar-refractivity contribution in [3.05, 3.63) is 101 Å². The highest BCUT2D eigenvalue weighted by Gasteiger charge is 2.31. The fourth-order valence-corrected chi connectivity index (χ4v) is 6.61. The molecule has 0 radical (unpaired) electrons. The molecule has 3 aromatic carbocycles. The van der Waals surface area contributed by atoms with Gasteiger partial charge in [0.15, 0.2) is 0 Å². The van der Waals surface area contributed by atoms with Crippen LogP contribution in [0, 0.1) is 13.8 Å². The second-order valence-electron chi connectivity index (χ2n) is 10.8. The quantitative estimate of drug-likeness (QED) is 0.178. The topological polar surface area (TPSA) is 95.0 Å². The van der Waals surface area contributed by atoms with Gasteiger partial charge in [0.25, 0.3) is 10.0 Å². The van der Waals surface area contributed by atoms with E-state index in [1.54, 1.807) is 36.6 Å². The van der Waals surface area contributed by atoms with Crippen molar-refractivity contribution in [1.29, 1.82) is 0 Å². The first-order valence-corrected chi connectivity index (χ1v) is 15.7. The number of sulfonamides is 1. The Kier molecular flexibility index (Phi) is 7.48. The van der Waals surface area contributed by atoms with Crippen LogP contribution in [0.5, 0.6) is 0 Å². The highest BCUT2D eigenvalue weighted by atomic mass is 32.2. The van der Waals surface area contributed by atoms with Gasteiger partial charge in [-0.2, -0.15) is 13.2 Å². The number of unbranched alkanes of at least 4 members (excludes halogenated alkanes) is 1. The first-order valence-electron chi connectivity index (χ1n) is 14.2. The number of halogens is 3. The number of hydrogen-bond acceptors (Lipinski definition) is 5. The highest BCUT2D eigenvalue weighted by molar-refractivity contribution is 7.92. The van der Waals surface area contributed by atoms with Crippen molar-refractivity contribution in [2.24, 2.45) is 0 Å². The summed E-state index contributed by atoms with van der Waals surface area (Å²) in [4.78, 5) is 4.72. The Morgan fingerprint density at radius 2 is 1.73 bits per heavy atom. The maximum Gasteiger partial charge on any atom is 0.416 e. The Morgan fingerprint density at radius 3 is 2.45 bits per heavy atom. The van der Waals surface area contributed by atoms with Gasteiger partial charge in [0.05, 0.1) is 40.0 Å². The van der Waals surface area contributed by atoms with Crippen molar-refractivity contribution >= 4 is 37.8 Å². The molecule has 0 fully saturated rings. The van der Waals surface area contributed by atoms with Gasteiger partial charge in [-0.05, 0) is 62.2 Å². The summed E-state index contributed by atoms with van der Waals surface area (Å²) in [7, 11) is -4.10. The van der Waals surface area contributed by atoms with Crippen LogP contribution in [0.25, 0.3) is 27.6 Å². The van der Waals surface area contributed by atoms with Gasteiger partial charge in [0.2, 0.25) is 5.88 Å². The number of anilines is 1. The van der Waals surface area contributed by atoms with Gasteiger partial charge in [-0.3, -0.25) is 0 Å². The minimum Gasteiger partial charge on any atom is -0.337 e. The molecule has 3 aromatic heterocycles. The number of aromatic nitrogens is 4. The second-order valence-corrected chi connectivity index (χ2v) is 12.4. The van der Waals surface area contributed by atoms with Crippen molar-refractivity contribution in [1.82, 2.24) is 19.3 Å². The number of nitrogens with zero attached hydrogens (tertiary/aromatic N) is 4. The van der Waals surface area contributed by atoms with E-state index in [2.05, 4.69) is 9.88 Å². The van der Waals surface area contributed by atoms with E-state index >= 15 is 0 Å². The molecule has 3 heterocycles. The van der Waals surface area contributed by atoms with Crippen LogP contribution in [-0.4, -0.2) is 27.7 Å². The number of benzene rings is 3. The first-order chi connectivity index (χ1) is 21.0. The fourth-order valence-electron chi connectivity index (χ4n) is 5.37. The summed E-state index contributed by atoms with van der Waals surface area (Å²) < 4.78 is 79.7. The van der Waals surface area contributed by atoms with Crippen LogP contribution in [0.4, 0.5) is 19.1 Å². The van der Waals surface area contributed by atoms with Crippen LogP contribution < -0.4 is 4.72 Å². The maximum absolute atomic E-state index is 13.7. The summed E-state index contributed by atoms with van der Waals surface area (Å²) in [5.74, 6) is 0.739. The Bertz CT molecular complexity index is 2110. The van der Waals surface area contributed by atoms with Crippen LogP contribution >= 0.6 is 0 Å². The zero-order chi connectivity index (χ0) is 31.2. The van der Waals surface area contributed by atoms with E-state index in [4.69, 9.17) is 9.51 Å². The number of aryl methyl sites for hydroxylation is 2. The predicted octanol–water partition coefficient (Wildman–Crippen LogP) is 7.80. The zero-order valence-electron chi connectivity index (χ0n) is 24.3. The van der Waals surface area contributed by atoms with Crippen molar-refractivity contribution in [3.8, 4) is 5.69 Å². The number of fused-ring (bicyclic) bond motifs is 2. The molecule has 0 spiro atoms. The molecule has 0 aliphatic heterocycles. The molecule has 8 nitrogen and oxygen atoms in total. The van der Waals surface area contributed by atoms with Crippen molar-refractivity contribution in [2.45, 2.75) is 57.7 Å². The van der Waals surface area contributed by atoms with Gasteiger partial charge in [-0.1, -0.05) is 48.8 Å². The maximum atomic E-state index is 13.7. The molecule has 6 aromatic rings. The van der Waals surface area contributed by atoms with Gasteiger partial charge < -0.3 is 13.7 Å². The van der Waals surface area contributed by atoms with Crippen LogP contribution in [-0.2, 0) is 29.2 Å². The third-order valence-electron chi connectivity index (χ3n) is 7.83. The molecule has 0 atom stereocenters. The first kappa shape index (κ1) is 29.5. The summed E-state index contributed by atoms with van der Waals surface area (Å²) in [6.07, 6.45) is -0.304. The monoisotopic (exact) mass is 621 g/mol. The van der Waals surface area contributed by atoms with Crippen molar-refractivity contribution in [3.63, 3.8) is 0 Å². The third-order valence-corrected chi connectivity index (χ3v) is 9.21. The number of para-hydroxylation sites is 2. The number of imidazole rings is 1. The van der Waals surface area contributed by atoms with E-state index in [0.717, 1.165) is 41.4 Å². The lowest BCUT2D eigenvalue weighted by Gasteiger charge is -2.13. The Balaban J connectivity index is 1.48. The van der Waals surface area contributed by atoms with E-state index in [-0.39, 0.29) is 17.3 Å². The summed E-state index contributed by atoms with van der Waals surface area (Å²) in [6, 6.07) is 17.8. The molecule has 0 amide bonds. The molecule has 1 N–H and O–H groups in total. The minimum atomic E-state index is -4.49.